The van der Waals surface area contributed by atoms with Gasteiger partial charge in [-0.15, -0.1) is 11.3 Å². The molecule has 1 unspecified atom stereocenters. The molecular weight excluding hydrogens is 260 g/mol. The molecule has 2 rings (SSSR count). The van der Waals surface area contributed by atoms with Crippen molar-refractivity contribution in [3.05, 3.63) is 21.9 Å². The normalized spacial score (nSPS) is 19.0. The number of nitrogens with zero attached hydrogens (tertiary/aromatic N) is 1. The minimum absolute atomic E-state index is 0.0761. The molecule has 1 amide bonds. The van der Waals surface area contributed by atoms with Gasteiger partial charge in [-0.1, -0.05) is 0 Å². The zero-order valence-electron chi connectivity index (χ0n) is 11.6. The van der Waals surface area contributed by atoms with E-state index in [2.05, 4.69) is 23.7 Å². The number of carbonyl (C=O) groups excluding carboxylic acids is 1. The summed E-state index contributed by atoms with van der Waals surface area (Å²) in [5.41, 5.74) is 1.30. The van der Waals surface area contributed by atoms with E-state index >= 15 is 0 Å². The van der Waals surface area contributed by atoms with Crippen LogP contribution in [0, 0.1) is 6.92 Å². The third-order valence-electron chi connectivity index (χ3n) is 3.35. The van der Waals surface area contributed by atoms with Crippen LogP contribution < -0.4 is 5.32 Å². The van der Waals surface area contributed by atoms with Gasteiger partial charge in [0.1, 0.15) is 0 Å². The van der Waals surface area contributed by atoms with Crippen LogP contribution in [-0.2, 0) is 16.1 Å². The molecule has 106 valence electrons. The van der Waals surface area contributed by atoms with Crippen molar-refractivity contribution < 1.29 is 9.53 Å². The molecule has 1 fully saturated rings. The predicted octanol–water partition coefficient (Wildman–Crippen LogP) is 1.78. The molecule has 1 aliphatic rings. The molecular formula is C14H22N2O2S. The van der Waals surface area contributed by atoms with E-state index in [1.807, 2.05) is 11.9 Å². The largest absolute Gasteiger partial charge is 0.376 e. The number of amides is 1. The van der Waals surface area contributed by atoms with Gasteiger partial charge >= 0.3 is 0 Å². The second-order valence-corrected chi connectivity index (χ2v) is 6.14. The van der Waals surface area contributed by atoms with E-state index < -0.39 is 0 Å². The second-order valence-electron chi connectivity index (χ2n) is 5.14. The number of thiophene rings is 1. The zero-order valence-corrected chi connectivity index (χ0v) is 12.5. The highest BCUT2D eigenvalue weighted by Gasteiger charge is 2.16. The van der Waals surface area contributed by atoms with Gasteiger partial charge in [0.2, 0.25) is 5.91 Å². The van der Waals surface area contributed by atoms with Crippen LogP contribution in [0.5, 0.6) is 0 Å². The number of aryl methyl sites for hydroxylation is 1. The summed E-state index contributed by atoms with van der Waals surface area (Å²) in [6.07, 6.45) is 2.39. The van der Waals surface area contributed by atoms with Gasteiger partial charge in [0.25, 0.3) is 0 Å². The van der Waals surface area contributed by atoms with Crippen LogP contribution in [0.2, 0.25) is 0 Å². The van der Waals surface area contributed by atoms with Crippen LogP contribution >= 0.6 is 11.3 Å². The molecule has 1 saturated heterocycles. The fraction of sp³-hybridized carbons (Fsp3) is 0.643. The number of rotatable bonds is 6. The van der Waals surface area contributed by atoms with Gasteiger partial charge < -0.3 is 10.1 Å². The van der Waals surface area contributed by atoms with Gasteiger partial charge in [0, 0.05) is 24.6 Å². The van der Waals surface area contributed by atoms with E-state index in [0.717, 1.165) is 26.0 Å². The van der Waals surface area contributed by atoms with Crippen molar-refractivity contribution in [2.24, 2.45) is 0 Å². The molecule has 1 atom stereocenters. The molecule has 0 saturated carbocycles. The van der Waals surface area contributed by atoms with Crippen LogP contribution in [0.4, 0.5) is 0 Å². The smallest absolute Gasteiger partial charge is 0.234 e. The van der Waals surface area contributed by atoms with Crippen LogP contribution in [0.25, 0.3) is 0 Å². The lowest BCUT2D eigenvalue weighted by Gasteiger charge is -2.17. The lowest BCUT2D eigenvalue weighted by molar-refractivity contribution is -0.122. The Labute approximate surface area is 118 Å². The van der Waals surface area contributed by atoms with Gasteiger partial charge in [-0.3, -0.25) is 9.69 Å². The first-order chi connectivity index (χ1) is 9.15. The van der Waals surface area contributed by atoms with Crippen molar-refractivity contribution in [3.8, 4) is 0 Å². The highest BCUT2D eigenvalue weighted by atomic mass is 32.1. The Kier molecular flexibility index (Phi) is 5.36. The maximum atomic E-state index is 11.8. The standard InChI is InChI=1S/C14H22N2O2S/c1-11-5-7-19-13(11)9-16(2)10-14(17)15-8-12-4-3-6-18-12/h5,7,12H,3-4,6,8-10H2,1-2H3,(H,15,17). The minimum Gasteiger partial charge on any atom is -0.376 e. The van der Waals surface area contributed by atoms with Crippen molar-refractivity contribution in [2.45, 2.75) is 32.4 Å². The Morgan fingerprint density at radius 2 is 2.47 bits per heavy atom. The summed E-state index contributed by atoms with van der Waals surface area (Å²) in [7, 11) is 1.98. The van der Waals surface area contributed by atoms with Gasteiger partial charge in [-0.25, -0.2) is 0 Å². The molecule has 0 spiro atoms. The summed E-state index contributed by atoms with van der Waals surface area (Å²) in [6.45, 7) is 4.85. The predicted molar refractivity (Wildman–Crippen MR) is 77.4 cm³/mol. The fourth-order valence-electron chi connectivity index (χ4n) is 2.20. The van der Waals surface area contributed by atoms with E-state index in [1.54, 1.807) is 11.3 Å². The highest BCUT2D eigenvalue weighted by molar-refractivity contribution is 7.10. The van der Waals surface area contributed by atoms with Crippen molar-refractivity contribution in [1.29, 1.82) is 0 Å². The highest BCUT2D eigenvalue weighted by Crippen LogP contribution is 2.17. The maximum absolute atomic E-state index is 11.8. The molecule has 1 aromatic heterocycles. The van der Waals surface area contributed by atoms with Crippen molar-refractivity contribution in [3.63, 3.8) is 0 Å². The number of ether oxygens (including phenoxy) is 1. The summed E-state index contributed by atoms with van der Waals surface area (Å²) in [6, 6.07) is 2.12. The van der Waals surface area contributed by atoms with Crippen LogP contribution in [-0.4, -0.2) is 43.7 Å². The van der Waals surface area contributed by atoms with Crippen molar-refractivity contribution in [1.82, 2.24) is 10.2 Å². The fourth-order valence-corrected chi connectivity index (χ4v) is 3.19. The number of nitrogens with one attached hydrogen (secondary N) is 1. The maximum Gasteiger partial charge on any atom is 0.234 e. The van der Waals surface area contributed by atoms with Gasteiger partial charge in [-0.05, 0) is 43.8 Å². The molecule has 1 aliphatic heterocycles. The third kappa shape index (κ3) is 4.60. The molecule has 1 N–H and O–H groups in total. The summed E-state index contributed by atoms with van der Waals surface area (Å²) >= 11 is 1.75. The molecule has 2 heterocycles. The average molecular weight is 282 g/mol. The molecule has 4 nitrogen and oxygen atoms in total. The van der Waals surface area contributed by atoms with E-state index in [-0.39, 0.29) is 12.0 Å². The third-order valence-corrected chi connectivity index (χ3v) is 4.35. The van der Waals surface area contributed by atoms with E-state index in [0.29, 0.717) is 13.1 Å². The number of hydrogen-bond acceptors (Lipinski definition) is 4. The number of likely N-dealkylation sites (N-methyl/N-ethyl adjacent to an activating group) is 1. The molecule has 5 heteroatoms. The van der Waals surface area contributed by atoms with E-state index in [1.165, 1.54) is 10.4 Å². The first-order valence-electron chi connectivity index (χ1n) is 6.75. The first kappa shape index (κ1) is 14.5. The van der Waals surface area contributed by atoms with E-state index in [4.69, 9.17) is 4.74 Å². The molecule has 19 heavy (non-hydrogen) atoms. The molecule has 0 aliphatic carbocycles. The molecule has 0 bridgehead atoms. The topological polar surface area (TPSA) is 41.6 Å². The molecule has 0 aromatic carbocycles. The summed E-state index contributed by atoms with van der Waals surface area (Å²) in [4.78, 5) is 15.2. The number of hydrogen-bond donors (Lipinski definition) is 1. The average Bonchev–Trinajstić information content (AvgIpc) is 2.99. The van der Waals surface area contributed by atoms with Crippen LogP contribution in [0.1, 0.15) is 23.3 Å². The molecule has 1 aromatic rings. The Balaban J connectivity index is 1.68. The van der Waals surface area contributed by atoms with Crippen LogP contribution in [0.15, 0.2) is 11.4 Å². The van der Waals surface area contributed by atoms with Gasteiger partial charge in [0.05, 0.1) is 12.6 Å². The van der Waals surface area contributed by atoms with E-state index in [9.17, 15) is 4.79 Å². The van der Waals surface area contributed by atoms with Crippen molar-refractivity contribution in [2.75, 3.05) is 26.7 Å². The lowest BCUT2D eigenvalue weighted by atomic mass is 10.2. The van der Waals surface area contributed by atoms with Gasteiger partial charge in [0.15, 0.2) is 0 Å². The summed E-state index contributed by atoms with van der Waals surface area (Å²) in [5.74, 6) is 0.0761. The Hall–Kier alpha value is -0.910. The monoisotopic (exact) mass is 282 g/mol. The number of carbonyl (C=O) groups is 1. The lowest BCUT2D eigenvalue weighted by Crippen LogP contribution is -2.38. The summed E-state index contributed by atoms with van der Waals surface area (Å²) in [5, 5.41) is 5.04. The quantitative estimate of drug-likeness (QED) is 0.865. The first-order valence-corrected chi connectivity index (χ1v) is 7.63. The summed E-state index contributed by atoms with van der Waals surface area (Å²) < 4.78 is 5.48. The zero-order chi connectivity index (χ0) is 13.7. The Morgan fingerprint density at radius 1 is 1.63 bits per heavy atom. The minimum atomic E-state index is 0.0761. The van der Waals surface area contributed by atoms with Crippen LogP contribution in [0.3, 0.4) is 0 Å². The Morgan fingerprint density at radius 3 is 3.11 bits per heavy atom. The van der Waals surface area contributed by atoms with Crippen molar-refractivity contribution >= 4 is 17.2 Å². The molecule has 0 radical (unpaired) electrons. The Bertz CT molecular complexity index is 413. The second kappa shape index (κ2) is 7.03. The SMILES string of the molecule is Cc1ccsc1CN(C)CC(=O)NCC1CCCO1. The van der Waals surface area contributed by atoms with Gasteiger partial charge in [-0.2, -0.15) is 0 Å².